The van der Waals surface area contributed by atoms with E-state index in [1.165, 1.54) is 0 Å². The number of hydrogen-bond donors (Lipinski definition) is 1. The number of esters is 1. The molecule has 0 heterocycles. The lowest BCUT2D eigenvalue weighted by atomic mass is 10.3. The molecule has 0 saturated carbocycles. The van der Waals surface area contributed by atoms with Crippen molar-refractivity contribution in [2.45, 2.75) is 52.6 Å². The fourth-order valence-electron chi connectivity index (χ4n) is 1.24. The summed E-state index contributed by atoms with van der Waals surface area (Å²) in [6.45, 7) is 8.62. The third-order valence-electron chi connectivity index (χ3n) is 2.23. The Morgan fingerprint density at radius 2 is 1.94 bits per heavy atom. The van der Waals surface area contributed by atoms with Crippen LogP contribution in [0.15, 0.2) is 0 Å². The van der Waals surface area contributed by atoms with Crippen molar-refractivity contribution in [1.82, 2.24) is 5.32 Å². The second kappa shape index (κ2) is 11.9. The lowest BCUT2D eigenvalue weighted by molar-refractivity contribution is -0.142. The van der Waals surface area contributed by atoms with Crippen molar-refractivity contribution in [2.24, 2.45) is 0 Å². The third kappa shape index (κ3) is 13.3. The van der Waals surface area contributed by atoms with Crippen LogP contribution in [0.4, 0.5) is 0 Å². The molecule has 0 aliphatic rings. The summed E-state index contributed by atoms with van der Waals surface area (Å²) in [5.74, 6) is -0.156. The van der Waals surface area contributed by atoms with Crippen molar-refractivity contribution in [2.75, 3.05) is 26.3 Å². The zero-order valence-electron chi connectivity index (χ0n) is 11.5. The van der Waals surface area contributed by atoms with Crippen molar-refractivity contribution in [3.05, 3.63) is 0 Å². The molecule has 0 amide bonds. The summed E-state index contributed by atoms with van der Waals surface area (Å²) in [6, 6.07) is 0. The van der Waals surface area contributed by atoms with Gasteiger partial charge in [-0.25, -0.2) is 0 Å². The monoisotopic (exact) mass is 245 g/mol. The highest BCUT2D eigenvalue weighted by atomic mass is 16.5. The van der Waals surface area contributed by atoms with E-state index < -0.39 is 0 Å². The molecule has 0 saturated heterocycles. The van der Waals surface area contributed by atoms with Gasteiger partial charge in [0.25, 0.3) is 0 Å². The minimum absolute atomic E-state index is 0.156. The molecule has 0 radical (unpaired) electrons. The van der Waals surface area contributed by atoms with Gasteiger partial charge in [0, 0.05) is 6.61 Å². The first-order valence-electron chi connectivity index (χ1n) is 6.64. The molecule has 102 valence electrons. The van der Waals surface area contributed by atoms with E-state index >= 15 is 0 Å². The first kappa shape index (κ1) is 16.4. The maximum absolute atomic E-state index is 11.2. The summed E-state index contributed by atoms with van der Waals surface area (Å²) in [5, 5.41) is 3.07. The number of ether oxygens (including phenoxy) is 2. The predicted molar refractivity (Wildman–Crippen MR) is 69.1 cm³/mol. The van der Waals surface area contributed by atoms with Gasteiger partial charge >= 0.3 is 5.97 Å². The Morgan fingerprint density at radius 1 is 1.18 bits per heavy atom. The first-order valence-corrected chi connectivity index (χ1v) is 6.64. The molecule has 0 atom stereocenters. The van der Waals surface area contributed by atoms with Gasteiger partial charge in [0.05, 0.1) is 19.3 Å². The van der Waals surface area contributed by atoms with Crippen LogP contribution in [0.1, 0.15) is 46.5 Å². The molecule has 0 aromatic heterocycles. The van der Waals surface area contributed by atoms with Crippen molar-refractivity contribution in [3.8, 4) is 0 Å². The fourth-order valence-corrected chi connectivity index (χ4v) is 1.24. The standard InChI is InChI=1S/C13H27NO3/c1-4-5-9-17-13(15)11-14-8-6-7-10-16-12(2)3/h12,14H,4-11H2,1-3H3. The second-order valence-electron chi connectivity index (χ2n) is 4.38. The van der Waals surface area contributed by atoms with Gasteiger partial charge < -0.3 is 14.8 Å². The van der Waals surface area contributed by atoms with Crippen LogP contribution in [0.5, 0.6) is 0 Å². The van der Waals surface area contributed by atoms with Gasteiger partial charge in [-0.15, -0.1) is 0 Å². The normalized spacial score (nSPS) is 10.8. The molecule has 4 heteroatoms. The molecule has 0 aromatic rings. The number of unbranched alkanes of at least 4 members (excludes halogenated alkanes) is 2. The Hall–Kier alpha value is -0.610. The minimum Gasteiger partial charge on any atom is -0.465 e. The maximum atomic E-state index is 11.2. The summed E-state index contributed by atoms with van der Waals surface area (Å²) in [4.78, 5) is 11.2. The zero-order valence-corrected chi connectivity index (χ0v) is 11.5. The van der Waals surface area contributed by atoms with E-state index in [1.54, 1.807) is 0 Å². The highest BCUT2D eigenvalue weighted by Gasteiger charge is 2.00. The number of rotatable bonds is 11. The van der Waals surface area contributed by atoms with E-state index in [0.29, 0.717) is 19.3 Å². The smallest absolute Gasteiger partial charge is 0.319 e. The van der Waals surface area contributed by atoms with Crippen molar-refractivity contribution in [3.63, 3.8) is 0 Å². The number of carbonyl (C=O) groups excluding carboxylic acids is 1. The van der Waals surface area contributed by atoms with Crippen LogP contribution in [0.25, 0.3) is 0 Å². The third-order valence-corrected chi connectivity index (χ3v) is 2.23. The molecule has 0 aliphatic carbocycles. The van der Waals surface area contributed by atoms with Crippen LogP contribution in [0.2, 0.25) is 0 Å². The van der Waals surface area contributed by atoms with Crippen LogP contribution in [-0.2, 0) is 14.3 Å². The van der Waals surface area contributed by atoms with Gasteiger partial charge in [-0.3, -0.25) is 4.79 Å². The van der Waals surface area contributed by atoms with Crippen LogP contribution < -0.4 is 5.32 Å². The van der Waals surface area contributed by atoms with Gasteiger partial charge in [-0.05, 0) is 39.7 Å². The molecule has 0 unspecified atom stereocenters. The molecule has 4 nitrogen and oxygen atoms in total. The minimum atomic E-state index is -0.156. The number of hydrogen-bond acceptors (Lipinski definition) is 4. The molecule has 17 heavy (non-hydrogen) atoms. The van der Waals surface area contributed by atoms with Gasteiger partial charge in [-0.1, -0.05) is 13.3 Å². The topological polar surface area (TPSA) is 47.6 Å². The van der Waals surface area contributed by atoms with Gasteiger partial charge in [0.2, 0.25) is 0 Å². The van der Waals surface area contributed by atoms with Gasteiger partial charge in [0.15, 0.2) is 0 Å². The highest BCUT2D eigenvalue weighted by Crippen LogP contribution is 1.93. The predicted octanol–water partition coefficient (Wildman–Crippen LogP) is 2.12. The Balaban J connectivity index is 3.14. The molecular weight excluding hydrogens is 218 g/mol. The molecule has 0 fully saturated rings. The van der Waals surface area contributed by atoms with Crippen LogP contribution in [0.3, 0.4) is 0 Å². The molecule has 0 bridgehead atoms. The Kier molecular flexibility index (Phi) is 11.4. The SMILES string of the molecule is CCCCOC(=O)CNCCCCOC(C)C. The average Bonchev–Trinajstić information content (AvgIpc) is 2.28. The van der Waals surface area contributed by atoms with E-state index in [1.807, 2.05) is 13.8 Å². The van der Waals surface area contributed by atoms with E-state index in [0.717, 1.165) is 38.8 Å². The maximum Gasteiger partial charge on any atom is 0.319 e. The number of carbonyl (C=O) groups is 1. The summed E-state index contributed by atoms with van der Waals surface area (Å²) in [6.07, 6.45) is 4.34. The fraction of sp³-hybridized carbons (Fsp3) is 0.923. The molecule has 0 aromatic carbocycles. The van der Waals surface area contributed by atoms with E-state index in [2.05, 4.69) is 12.2 Å². The van der Waals surface area contributed by atoms with Gasteiger partial charge in [-0.2, -0.15) is 0 Å². The van der Waals surface area contributed by atoms with Crippen LogP contribution in [0, 0.1) is 0 Å². The van der Waals surface area contributed by atoms with E-state index in [9.17, 15) is 4.79 Å². The molecule has 0 rings (SSSR count). The summed E-state index contributed by atoms with van der Waals surface area (Å²) in [7, 11) is 0. The van der Waals surface area contributed by atoms with E-state index in [-0.39, 0.29) is 5.97 Å². The summed E-state index contributed by atoms with van der Waals surface area (Å²) >= 11 is 0. The van der Waals surface area contributed by atoms with Crippen molar-refractivity contribution in [1.29, 1.82) is 0 Å². The van der Waals surface area contributed by atoms with Crippen LogP contribution >= 0.6 is 0 Å². The Labute approximate surface area is 105 Å². The quantitative estimate of drug-likeness (QED) is 0.447. The molecule has 1 N–H and O–H groups in total. The largest absolute Gasteiger partial charge is 0.465 e. The highest BCUT2D eigenvalue weighted by molar-refractivity contribution is 5.71. The zero-order chi connectivity index (χ0) is 12.9. The Morgan fingerprint density at radius 3 is 2.59 bits per heavy atom. The van der Waals surface area contributed by atoms with E-state index in [4.69, 9.17) is 9.47 Å². The second-order valence-corrected chi connectivity index (χ2v) is 4.38. The van der Waals surface area contributed by atoms with Crippen LogP contribution in [-0.4, -0.2) is 38.4 Å². The first-order chi connectivity index (χ1) is 8.16. The Bertz CT molecular complexity index is 184. The number of nitrogens with one attached hydrogen (secondary N) is 1. The molecule has 0 aliphatic heterocycles. The van der Waals surface area contributed by atoms with Crippen molar-refractivity contribution < 1.29 is 14.3 Å². The van der Waals surface area contributed by atoms with Gasteiger partial charge in [0.1, 0.15) is 0 Å². The molecular formula is C13H27NO3. The lowest BCUT2D eigenvalue weighted by Gasteiger charge is -2.08. The molecule has 0 spiro atoms. The average molecular weight is 245 g/mol. The van der Waals surface area contributed by atoms with Crippen molar-refractivity contribution >= 4 is 5.97 Å². The summed E-state index contributed by atoms with van der Waals surface area (Å²) < 4.78 is 10.4. The lowest BCUT2D eigenvalue weighted by Crippen LogP contribution is -2.26. The summed E-state index contributed by atoms with van der Waals surface area (Å²) in [5.41, 5.74) is 0.